The van der Waals surface area contributed by atoms with E-state index in [1.54, 1.807) is 23.3 Å². The minimum absolute atomic E-state index is 0.330. The van der Waals surface area contributed by atoms with Gasteiger partial charge in [-0.2, -0.15) is 5.10 Å². The molecule has 1 unspecified atom stereocenters. The SMILES string of the molecule is C=C/C=C(\N)C1=CC=C(OCc2ccnc(-n3cncn3)c2)C(C)CC1. The number of nitrogens with zero attached hydrogens (tertiary/aromatic N) is 4. The largest absolute Gasteiger partial charge is 0.493 e. The van der Waals surface area contributed by atoms with Gasteiger partial charge in [-0.15, -0.1) is 0 Å². The van der Waals surface area contributed by atoms with Crippen molar-refractivity contribution < 1.29 is 4.74 Å². The first-order valence-electron chi connectivity index (χ1n) is 8.59. The Hall–Kier alpha value is -3.15. The highest BCUT2D eigenvalue weighted by Crippen LogP contribution is 2.27. The summed E-state index contributed by atoms with van der Waals surface area (Å²) in [5, 5.41) is 4.10. The number of hydrogen-bond donors (Lipinski definition) is 1. The lowest BCUT2D eigenvalue weighted by atomic mass is 10.0. The van der Waals surface area contributed by atoms with E-state index in [1.807, 2.05) is 30.4 Å². The third kappa shape index (κ3) is 4.27. The van der Waals surface area contributed by atoms with Crippen LogP contribution in [0.15, 0.2) is 78.9 Å². The zero-order chi connectivity index (χ0) is 18.4. The molecule has 1 atom stereocenters. The van der Waals surface area contributed by atoms with E-state index in [2.05, 4.69) is 28.6 Å². The van der Waals surface area contributed by atoms with Crippen LogP contribution >= 0.6 is 0 Å². The number of ether oxygens (including phenoxy) is 1. The summed E-state index contributed by atoms with van der Waals surface area (Å²) in [5.41, 5.74) is 8.98. The van der Waals surface area contributed by atoms with Gasteiger partial charge < -0.3 is 10.5 Å². The number of hydrogen-bond acceptors (Lipinski definition) is 5. The molecular formula is C20H23N5O. The van der Waals surface area contributed by atoms with Crippen LogP contribution in [0.2, 0.25) is 0 Å². The van der Waals surface area contributed by atoms with Crippen molar-refractivity contribution in [3.05, 3.63) is 84.5 Å². The van der Waals surface area contributed by atoms with E-state index < -0.39 is 0 Å². The van der Waals surface area contributed by atoms with Gasteiger partial charge in [-0.05, 0) is 48.3 Å². The number of rotatable bonds is 6. The van der Waals surface area contributed by atoms with Crippen molar-refractivity contribution in [3.63, 3.8) is 0 Å². The molecule has 1 aliphatic carbocycles. The first-order chi connectivity index (χ1) is 12.7. The summed E-state index contributed by atoms with van der Waals surface area (Å²) in [4.78, 5) is 8.25. The van der Waals surface area contributed by atoms with Crippen LogP contribution in [0.5, 0.6) is 0 Å². The molecule has 26 heavy (non-hydrogen) atoms. The van der Waals surface area contributed by atoms with Crippen LogP contribution in [0.4, 0.5) is 0 Å². The highest BCUT2D eigenvalue weighted by molar-refractivity contribution is 5.35. The molecule has 134 valence electrons. The Kier molecular flexibility index (Phi) is 5.63. The molecule has 1 aliphatic rings. The first-order valence-corrected chi connectivity index (χ1v) is 8.59. The van der Waals surface area contributed by atoms with E-state index in [1.165, 1.54) is 6.33 Å². The Balaban J connectivity index is 1.71. The second-order valence-corrected chi connectivity index (χ2v) is 6.21. The zero-order valence-electron chi connectivity index (χ0n) is 14.9. The lowest BCUT2D eigenvalue weighted by Gasteiger charge is -2.16. The Labute approximate surface area is 153 Å². The highest BCUT2D eigenvalue weighted by atomic mass is 16.5. The number of aromatic nitrogens is 4. The highest BCUT2D eigenvalue weighted by Gasteiger charge is 2.15. The maximum atomic E-state index is 6.08. The number of nitrogens with two attached hydrogens (primary N) is 1. The maximum Gasteiger partial charge on any atom is 0.155 e. The molecule has 2 aromatic rings. The third-order valence-corrected chi connectivity index (χ3v) is 4.32. The van der Waals surface area contributed by atoms with Gasteiger partial charge in [0.05, 0.1) is 5.76 Å². The molecule has 0 amide bonds. The third-order valence-electron chi connectivity index (χ3n) is 4.32. The Bertz CT molecular complexity index is 849. The van der Waals surface area contributed by atoms with E-state index >= 15 is 0 Å². The normalized spacial score (nSPS) is 17.9. The molecule has 0 aliphatic heterocycles. The molecule has 2 heterocycles. The van der Waals surface area contributed by atoms with Crippen molar-refractivity contribution in [1.82, 2.24) is 19.7 Å². The fraction of sp³-hybridized carbons (Fsp3) is 0.250. The van der Waals surface area contributed by atoms with Gasteiger partial charge in [-0.1, -0.05) is 25.7 Å². The smallest absolute Gasteiger partial charge is 0.155 e. The van der Waals surface area contributed by atoms with Crippen molar-refractivity contribution in [1.29, 1.82) is 0 Å². The van der Waals surface area contributed by atoms with Gasteiger partial charge in [0.2, 0.25) is 0 Å². The van der Waals surface area contributed by atoms with E-state index in [0.29, 0.717) is 12.5 Å². The Morgan fingerprint density at radius 3 is 3.12 bits per heavy atom. The quantitative estimate of drug-likeness (QED) is 0.808. The van der Waals surface area contributed by atoms with Gasteiger partial charge in [0, 0.05) is 17.8 Å². The van der Waals surface area contributed by atoms with Crippen molar-refractivity contribution in [2.45, 2.75) is 26.4 Å². The van der Waals surface area contributed by atoms with E-state index in [-0.39, 0.29) is 0 Å². The molecule has 2 aromatic heterocycles. The molecule has 0 saturated heterocycles. The van der Waals surface area contributed by atoms with Crippen LogP contribution in [-0.2, 0) is 11.3 Å². The second kappa shape index (κ2) is 8.29. The van der Waals surface area contributed by atoms with Crippen LogP contribution < -0.4 is 5.73 Å². The molecule has 2 N–H and O–H groups in total. The fourth-order valence-electron chi connectivity index (χ4n) is 2.78. The fourth-order valence-corrected chi connectivity index (χ4v) is 2.78. The number of pyridine rings is 1. The van der Waals surface area contributed by atoms with E-state index in [4.69, 9.17) is 10.5 Å². The van der Waals surface area contributed by atoms with Gasteiger partial charge >= 0.3 is 0 Å². The lowest BCUT2D eigenvalue weighted by molar-refractivity contribution is 0.166. The molecule has 0 fully saturated rings. The zero-order valence-corrected chi connectivity index (χ0v) is 14.9. The van der Waals surface area contributed by atoms with Crippen molar-refractivity contribution in [2.75, 3.05) is 0 Å². The predicted octanol–water partition coefficient (Wildman–Crippen LogP) is 3.45. The van der Waals surface area contributed by atoms with Crippen LogP contribution in [0.3, 0.4) is 0 Å². The van der Waals surface area contributed by atoms with Crippen molar-refractivity contribution in [2.24, 2.45) is 11.7 Å². The van der Waals surface area contributed by atoms with Crippen molar-refractivity contribution >= 4 is 0 Å². The first kappa shape index (κ1) is 17.7. The average Bonchev–Trinajstić information content (AvgIpc) is 3.12. The molecule has 0 bridgehead atoms. The molecule has 0 spiro atoms. The monoisotopic (exact) mass is 349 g/mol. The maximum absolute atomic E-state index is 6.08. The van der Waals surface area contributed by atoms with Crippen LogP contribution in [-0.4, -0.2) is 19.7 Å². The summed E-state index contributed by atoms with van der Waals surface area (Å²) >= 11 is 0. The van der Waals surface area contributed by atoms with Gasteiger partial charge in [-0.25, -0.2) is 14.6 Å². The van der Waals surface area contributed by atoms with Gasteiger partial charge in [0.15, 0.2) is 5.82 Å². The Morgan fingerprint density at radius 2 is 2.35 bits per heavy atom. The minimum Gasteiger partial charge on any atom is -0.493 e. The van der Waals surface area contributed by atoms with E-state index in [0.717, 1.165) is 41.3 Å². The minimum atomic E-state index is 0.330. The summed E-state index contributed by atoms with van der Waals surface area (Å²) in [6.07, 6.45) is 14.4. The van der Waals surface area contributed by atoms with E-state index in [9.17, 15) is 0 Å². The topological polar surface area (TPSA) is 78.9 Å². The molecule has 0 radical (unpaired) electrons. The standard InChI is InChI=1S/C20H23N5O/c1-3-4-18(21)17-6-5-15(2)19(8-7-17)26-12-16-9-10-23-20(11-16)25-14-22-13-24-25/h3-4,7-11,13-15H,1,5-6,12,21H2,2H3/b18-4-. The predicted molar refractivity (Wildman–Crippen MR) is 101 cm³/mol. The summed E-state index contributed by atoms with van der Waals surface area (Å²) in [7, 11) is 0. The molecular weight excluding hydrogens is 326 g/mol. The molecule has 6 nitrogen and oxygen atoms in total. The van der Waals surface area contributed by atoms with Gasteiger partial charge in [0.25, 0.3) is 0 Å². The summed E-state index contributed by atoms with van der Waals surface area (Å²) in [6, 6.07) is 3.89. The molecule has 6 heteroatoms. The average molecular weight is 349 g/mol. The lowest BCUT2D eigenvalue weighted by Crippen LogP contribution is -2.05. The second-order valence-electron chi connectivity index (χ2n) is 6.21. The molecule has 0 saturated carbocycles. The Morgan fingerprint density at radius 1 is 1.46 bits per heavy atom. The van der Waals surface area contributed by atoms with Crippen LogP contribution in [0.25, 0.3) is 5.82 Å². The van der Waals surface area contributed by atoms with Crippen molar-refractivity contribution in [3.8, 4) is 5.82 Å². The number of allylic oxidation sites excluding steroid dienone is 6. The summed E-state index contributed by atoms with van der Waals surface area (Å²) < 4.78 is 7.71. The molecule has 0 aromatic carbocycles. The van der Waals surface area contributed by atoms with Crippen LogP contribution in [0.1, 0.15) is 25.3 Å². The summed E-state index contributed by atoms with van der Waals surface area (Å²) in [5.74, 6) is 2.01. The molecule has 3 rings (SSSR count). The van der Waals surface area contributed by atoms with Gasteiger partial charge in [0.1, 0.15) is 19.3 Å². The van der Waals surface area contributed by atoms with Crippen LogP contribution in [0, 0.1) is 5.92 Å². The summed E-state index contributed by atoms with van der Waals surface area (Å²) in [6.45, 7) is 6.34. The van der Waals surface area contributed by atoms with Gasteiger partial charge in [-0.3, -0.25) is 0 Å².